The fourth-order valence-corrected chi connectivity index (χ4v) is 2.47. The predicted octanol–water partition coefficient (Wildman–Crippen LogP) is 4.34. The number of alkyl halides is 3. The average Bonchev–Trinajstić information content (AvgIpc) is 2.39. The van der Waals surface area contributed by atoms with Gasteiger partial charge in [0.1, 0.15) is 5.54 Å². The smallest absolute Gasteiger partial charge is 0.367 e. The maximum absolute atomic E-state index is 12.6. The fourth-order valence-electron chi connectivity index (χ4n) is 2.47. The minimum atomic E-state index is -4.36. The molecule has 1 saturated carbocycles. The zero-order chi connectivity index (χ0) is 13.9. The van der Waals surface area contributed by atoms with E-state index < -0.39 is 17.3 Å². The lowest BCUT2D eigenvalue weighted by Crippen LogP contribution is -2.38. The van der Waals surface area contributed by atoms with Gasteiger partial charge in [-0.2, -0.15) is 18.4 Å². The monoisotopic (exact) mass is 268 g/mol. The molecule has 2 rings (SSSR count). The first-order valence-corrected chi connectivity index (χ1v) is 6.32. The molecule has 0 unspecified atom stereocenters. The van der Waals surface area contributed by atoms with Crippen LogP contribution in [0.1, 0.15) is 37.7 Å². The topological polar surface area (TPSA) is 35.8 Å². The molecule has 2 nitrogen and oxygen atoms in total. The molecule has 1 N–H and O–H groups in total. The van der Waals surface area contributed by atoms with E-state index in [1.807, 2.05) is 0 Å². The van der Waals surface area contributed by atoms with E-state index in [-0.39, 0.29) is 0 Å². The normalized spacial score (nSPS) is 18.6. The van der Waals surface area contributed by atoms with Gasteiger partial charge in [0.15, 0.2) is 0 Å². The van der Waals surface area contributed by atoms with Gasteiger partial charge in [0.25, 0.3) is 0 Å². The zero-order valence-electron chi connectivity index (χ0n) is 10.4. The Bertz CT molecular complexity index is 482. The second-order valence-electron chi connectivity index (χ2n) is 4.96. The molecule has 0 radical (unpaired) electrons. The van der Waals surface area contributed by atoms with Gasteiger partial charge in [-0.25, -0.2) is 0 Å². The second-order valence-corrected chi connectivity index (χ2v) is 4.96. The first-order valence-electron chi connectivity index (χ1n) is 6.32. The fraction of sp³-hybridized carbons (Fsp3) is 0.500. The van der Waals surface area contributed by atoms with Crippen LogP contribution in [0.4, 0.5) is 18.9 Å². The number of hydrogen-bond acceptors (Lipinski definition) is 2. The van der Waals surface area contributed by atoms with Crippen molar-refractivity contribution < 1.29 is 13.2 Å². The molecule has 1 aromatic rings. The highest BCUT2D eigenvalue weighted by molar-refractivity contribution is 5.50. The molecular formula is C14H15F3N2. The summed E-state index contributed by atoms with van der Waals surface area (Å²) in [6, 6.07) is 7.26. The Morgan fingerprint density at radius 1 is 1.16 bits per heavy atom. The quantitative estimate of drug-likeness (QED) is 0.865. The van der Waals surface area contributed by atoms with E-state index in [2.05, 4.69) is 11.4 Å². The molecule has 1 fully saturated rings. The number of nitrogens with one attached hydrogen (secondary N) is 1. The molecule has 0 amide bonds. The van der Waals surface area contributed by atoms with Crippen LogP contribution >= 0.6 is 0 Å². The highest BCUT2D eigenvalue weighted by Crippen LogP contribution is 2.34. The number of halogens is 3. The van der Waals surface area contributed by atoms with Crippen LogP contribution in [0.5, 0.6) is 0 Å². The second kappa shape index (κ2) is 5.12. The van der Waals surface area contributed by atoms with Crippen molar-refractivity contribution in [1.29, 1.82) is 5.26 Å². The Hall–Kier alpha value is -1.70. The molecule has 0 bridgehead atoms. The van der Waals surface area contributed by atoms with Crippen molar-refractivity contribution in [2.75, 3.05) is 5.32 Å². The number of benzene rings is 1. The maximum atomic E-state index is 12.6. The molecule has 0 saturated heterocycles. The minimum absolute atomic E-state index is 0.360. The summed E-state index contributed by atoms with van der Waals surface area (Å²) in [6.45, 7) is 0. The summed E-state index contributed by atoms with van der Waals surface area (Å²) in [4.78, 5) is 0. The van der Waals surface area contributed by atoms with Crippen LogP contribution < -0.4 is 5.32 Å². The molecule has 0 spiro atoms. The van der Waals surface area contributed by atoms with Crippen LogP contribution in [0.15, 0.2) is 24.3 Å². The number of rotatable bonds is 2. The van der Waals surface area contributed by atoms with Gasteiger partial charge in [0, 0.05) is 5.69 Å². The van der Waals surface area contributed by atoms with Gasteiger partial charge in [-0.05, 0) is 31.0 Å². The lowest BCUT2D eigenvalue weighted by atomic mass is 9.82. The largest absolute Gasteiger partial charge is 0.416 e. The average molecular weight is 268 g/mol. The maximum Gasteiger partial charge on any atom is 0.416 e. The molecule has 1 aliphatic rings. The minimum Gasteiger partial charge on any atom is -0.367 e. The van der Waals surface area contributed by atoms with Gasteiger partial charge in [0.2, 0.25) is 0 Å². The lowest BCUT2D eigenvalue weighted by Gasteiger charge is -2.32. The summed E-state index contributed by atoms with van der Waals surface area (Å²) in [5, 5.41) is 12.3. The standard InChI is InChI=1S/C14H15F3N2/c15-14(16,17)11-5-4-6-12(9-11)19-13(10-18)7-2-1-3-8-13/h4-6,9,19H,1-3,7-8H2. The third-order valence-electron chi connectivity index (χ3n) is 3.49. The van der Waals surface area contributed by atoms with Crippen LogP contribution in [0.25, 0.3) is 0 Å². The molecule has 0 aromatic heterocycles. The molecular weight excluding hydrogens is 253 g/mol. The van der Waals surface area contributed by atoms with Crippen molar-refractivity contribution in [3.05, 3.63) is 29.8 Å². The van der Waals surface area contributed by atoms with Gasteiger partial charge in [-0.1, -0.05) is 25.3 Å². The summed E-state index contributed by atoms with van der Waals surface area (Å²) >= 11 is 0. The summed E-state index contributed by atoms with van der Waals surface area (Å²) in [5.74, 6) is 0. The van der Waals surface area contributed by atoms with Crippen LogP contribution in [0, 0.1) is 11.3 Å². The molecule has 102 valence electrons. The van der Waals surface area contributed by atoms with E-state index in [0.717, 1.165) is 31.4 Å². The van der Waals surface area contributed by atoms with Gasteiger partial charge in [-0.3, -0.25) is 0 Å². The molecule has 0 aliphatic heterocycles. The summed E-state index contributed by atoms with van der Waals surface area (Å²) in [7, 11) is 0. The summed E-state index contributed by atoms with van der Waals surface area (Å²) in [6.07, 6.45) is -0.0592. The van der Waals surface area contributed by atoms with Gasteiger partial charge >= 0.3 is 6.18 Å². The van der Waals surface area contributed by atoms with Crippen molar-refractivity contribution in [2.24, 2.45) is 0 Å². The molecule has 0 atom stereocenters. The molecule has 0 heterocycles. The van der Waals surface area contributed by atoms with Crippen LogP contribution in [-0.4, -0.2) is 5.54 Å². The highest BCUT2D eigenvalue weighted by Gasteiger charge is 2.33. The Balaban J connectivity index is 2.21. The number of nitrogens with zero attached hydrogens (tertiary/aromatic N) is 1. The van der Waals surface area contributed by atoms with Crippen molar-refractivity contribution in [3.8, 4) is 6.07 Å². The van der Waals surface area contributed by atoms with Crippen LogP contribution in [0.2, 0.25) is 0 Å². The SMILES string of the molecule is N#CC1(Nc2cccc(C(F)(F)F)c2)CCCCC1. The third-order valence-corrected chi connectivity index (χ3v) is 3.49. The highest BCUT2D eigenvalue weighted by atomic mass is 19.4. The van der Waals surface area contributed by atoms with Crippen LogP contribution in [0.3, 0.4) is 0 Å². The molecule has 1 aliphatic carbocycles. The number of anilines is 1. The van der Waals surface area contributed by atoms with E-state index in [0.29, 0.717) is 18.5 Å². The van der Waals surface area contributed by atoms with Gasteiger partial charge in [0.05, 0.1) is 11.6 Å². The van der Waals surface area contributed by atoms with Crippen molar-refractivity contribution >= 4 is 5.69 Å². The Morgan fingerprint density at radius 3 is 2.42 bits per heavy atom. The predicted molar refractivity (Wildman–Crippen MR) is 66.5 cm³/mol. The van der Waals surface area contributed by atoms with E-state index >= 15 is 0 Å². The van der Waals surface area contributed by atoms with E-state index in [4.69, 9.17) is 0 Å². The molecule has 1 aromatic carbocycles. The van der Waals surface area contributed by atoms with E-state index in [9.17, 15) is 18.4 Å². The summed E-state index contributed by atoms with van der Waals surface area (Å²) < 4.78 is 37.9. The third kappa shape index (κ3) is 3.19. The number of hydrogen-bond donors (Lipinski definition) is 1. The Kier molecular flexibility index (Phi) is 3.70. The van der Waals surface area contributed by atoms with E-state index in [1.54, 1.807) is 6.07 Å². The number of nitriles is 1. The zero-order valence-corrected chi connectivity index (χ0v) is 10.4. The molecule has 19 heavy (non-hydrogen) atoms. The van der Waals surface area contributed by atoms with Crippen LogP contribution in [-0.2, 0) is 6.18 Å². The lowest BCUT2D eigenvalue weighted by molar-refractivity contribution is -0.137. The van der Waals surface area contributed by atoms with Crippen molar-refractivity contribution in [2.45, 2.75) is 43.8 Å². The molecule has 5 heteroatoms. The summed E-state index contributed by atoms with van der Waals surface area (Å²) in [5.41, 5.74) is -1.05. The first-order chi connectivity index (χ1) is 8.95. The van der Waals surface area contributed by atoms with Crippen molar-refractivity contribution in [3.63, 3.8) is 0 Å². The van der Waals surface area contributed by atoms with E-state index in [1.165, 1.54) is 6.07 Å². The Labute approximate surface area is 110 Å². The van der Waals surface area contributed by atoms with Gasteiger partial charge in [-0.15, -0.1) is 0 Å². The first kappa shape index (κ1) is 13.7. The van der Waals surface area contributed by atoms with Gasteiger partial charge < -0.3 is 5.32 Å². The Morgan fingerprint density at radius 2 is 1.84 bits per heavy atom. The van der Waals surface area contributed by atoms with Crippen molar-refractivity contribution in [1.82, 2.24) is 0 Å².